The SMILES string of the molecule is O=C(Nc1cccc(I)c1)C1CCCCN1C(=O)c1cccs1. The summed E-state index contributed by atoms with van der Waals surface area (Å²) in [5.41, 5.74) is 0.774. The topological polar surface area (TPSA) is 49.4 Å². The van der Waals surface area contributed by atoms with Gasteiger partial charge in [0.2, 0.25) is 5.91 Å². The summed E-state index contributed by atoms with van der Waals surface area (Å²) in [5.74, 6) is -0.140. The third-order valence-corrected chi connectivity index (χ3v) is 5.42. The van der Waals surface area contributed by atoms with Gasteiger partial charge in [0.15, 0.2) is 0 Å². The van der Waals surface area contributed by atoms with E-state index in [-0.39, 0.29) is 11.8 Å². The van der Waals surface area contributed by atoms with Crippen LogP contribution in [0, 0.1) is 3.57 Å². The largest absolute Gasteiger partial charge is 0.326 e. The van der Waals surface area contributed by atoms with Crippen LogP contribution in [0.25, 0.3) is 0 Å². The van der Waals surface area contributed by atoms with Gasteiger partial charge in [-0.05, 0) is 71.5 Å². The third-order valence-electron chi connectivity index (χ3n) is 3.89. The van der Waals surface area contributed by atoms with Crippen LogP contribution in [0.1, 0.15) is 28.9 Å². The molecular weight excluding hydrogens is 423 g/mol. The van der Waals surface area contributed by atoms with Crippen molar-refractivity contribution in [3.05, 3.63) is 50.2 Å². The maximum atomic E-state index is 12.7. The van der Waals surface area contributed by atoms with Crippen LogP contribution in [0.15, 0.2) is 41.8 Å². The van der Waals surface area contributed by atoms with Crippen molar-refractivity contribution in [1.29, 1.82) is 0 Å². The monoisotopic (exact) mass is 440 g/mol. The summed E-state index contributed by atoms with van der Waals surface area (Å²) < 4.78 is 1.07. The Morgan fingerprint density at radius 2 is 2.09 bits per heavy atom. The summed E-state index contributed by atoms with van der Waals surface area (Å²) in [4.78, 5) is 27.7. The fourth-order valence-corrected chi connectivity index (χ4v) is 4.00. The second-order valence-electron chi connectivity index (χ2n) is 5.49. The van der Waals surface area contributed by atoms with E-state index in [1.54, 1.807) is 4.90 Å². The van der Waals surface area contributed by atoms with E-state index in [0.717, 1.165) is 22.1 Å². The highest BCUT2D eigenvalue weighted by Gasteiger charge is 2.33. The molecule has 6 heteroatoms. The van der Waals surface area contributed by atoms with Crippen molar-refractivity contribution >= 4 is 51.4 Å². The molecule has 0 saturated carbocycles. The van der Waals surface area contributed by atoms with E-state index in [0.29, 0.717) is 17.8 Å². The molecule has 23 heavy (non-hydrogen) atoms. The van der Waals surface area contributed by atoms with Crippen LogP contribution in [-0.4, -0.2) is 29.3 Å². The highest BCUT2D eigenvalue weighted by Crippen LogP contribution is 2.23. The van der Waals surface area contributed by atoms with E-state index in [1.807, 2.05) is 41.8 Å². The van der Waals surface area contributed by atoms with Gasteiger partial charge >= 0.3 is 0 Å². The van der Waals surface area contributed by atoms with Crippen LogP contribution >= 0.6 is 33.9 Å². The zero-order chi connectivity index (χ0) is 16.2. The van der Waals surface area contributed by atoms with Crippen LogP contribution in [0.2, 0.25) is 0 Å². The number of piperidine rings is 1. The number of halogens is 1. The summed E-state index contributed by atoms with van der Waals surface area (Å²) >= 11 is 3.63. The molecule has 1 aromatic carbocycles. The van der Waals surface area contributed by atoms with Crippen LogP contribution in [0.4, 0.5) is 5.69 Å². The first-order chi connectivity index (χ1) is 11.1. The number of hydrogen-bond donors (Lipinski definition) is 1. The number of anilines is 1. The van der Waals surface area contributed by atoms with E-state index >= 15 is 0 Å². The molecule has 3 rings (SSSR count). The van der Waals surface area contributed by atoms with Gasteiger partial charge in [-0.25, -0.2) is 0 Å². The Hall–Kier alpha value is -1.41. The van der Waals surface area contributed by atoms with Crippen molar-refractivity contribution < 1.29 is 9.59 Å². The van der Waals surface area contributed by atoms with E-state index in [4.69, 9.17) is 0 Å². The van der Waals surface area contributed by atoms with Gasteiger partial charge < -0.3 is 10.2 Å². The summed E-state index contributed by atoms with van der Waals surface area (Å²) in [7, 11) is 0. The lowest BCUT2D eigenvalue weighted by Crippen LogP contribution is -2.49. The molecule has 4 nitrogen and oxygen atoms in total. The number of hydrogen-bond acceptors (Lipinski definition) is 3. The number of nitrogens with zero attached hydrogens (tertiary/aromatic N) is 1. The number of likely N-dealkylation sites (tertiary alicyclic amines) is 1. The third kappa shape index (κ3) is 3.92. The zero-order valence-electron chi connectivity index (χ0n) is 12.5. The average Bonchev–Trinajstić information content (AvgIpc) is 3.08. The van der Waals surface area contributed by atoms with E-state index < -0.39 is 6.04 Å². The van der Waals surface area contributed by atoms with Crippen LogP contribution in [0.5, 0.6) is 0 Å². The summed E-state index contributed by atoms with van der Waals surface area (Å²) in [6.45, 7) is 0.640. The summed E-state index contributed by atoms with van der Waals surface area (Å²) in [5, 5.41) is 4.84. The minimum atomic E-state index is -0.392. The van der Waals surface area contributed by atoms with Crippen LogP contribution in [-0.2, 0) is 4.79 Å². The minimum absolute atomic E-state index is 0.0394. The van der Waals surface area contributed by atoms with Gasteiger partial charge in [0.1, 0.15) is 6.04 Å². The van der Waals surface area contributed by atoms with E-state index in [9.17, 15) is 9.59 Å². The number of carbonyl (C=O) groups excluding carboxylic acids is 2. The second-order valence-corrected chi connectivity index (χ2v) is 7.68. The number of amides is 2. The molecule has 1 aliphatic rings. The molecule has 0 spiro atoms. The molecule has 0 radical (unpaired) electrons. The van der Waals surface area contributed by atoms with E-state index in [2.05, 4.69) is 27.9 Å². The molecule has 0 bridgehead atoms. The normalized spacial score (nSPS) is 17.8. The maximum absolute atomic E-state index is 12.7. The smallest absolute Gasteiger partial charge is 0.264 e. The highest BCUT2D eigenvalue weighted by molar-refractivity contribution is 14.1. The predicted molar refractivity (Wildman–Crippen MR) is 101 cm³/mol. The van der Waals surface area contributed by atoms with Gasteiger partial charge in [0.05, 0.1) is 4.88 Å². The van der Waals surface area contributed by atoms with Crippen LogP contribution < -0.4 is 5.32 Å². The van der Waals surface area contributed by atoms with Gasteiger partial charge in [-0.3, -0.25) is 9.59 Å². The van der Waals surface area contributed by atoms with Crippen molar-refractivity contribution in [1.82, 2.24) is 4.90 Å². The second kappa shape index (κ2) is 7.44. The Morgan fingerprint density at radius 3 is 2.83 bits per heavy atom. The molecule has 1 aliphatic heterocycles. The minimum Gasteiger partial charge on any atom is -0.326 e. The molecule has 120 valence electrons. The zero-order valence-corrected chi connectivity index (χ0v) is 15.5. The Labute approximate surface area is 153 Å². The van der Waals surface area contributed by atoms with Crippen LogP contribution in [0.3, 0.4) is 0 Å². The first-order valence-electron chi connectivity index (χ1n) is 7.56. The molecular formula is C17H17IN2O2S. The standard InChI is InChI=1S/C17H17IN2O2S/c18-12-5-3-6-13(11-12)19-16(21)14-7-1-2-9-20(14)17(22)15-8-4-10-23-15/h3-6,8,10-11,14H,1-2,7,9H2,(H,19,21). The number of thiophene rings is 1. The van der Waals surface area contributed by atoms with E-state index in [1.165, 1.54) is 11.3 Å². The molecule has 2 aromatic rings. The van der Waals surface area contributed by atoms with Gasteiger partial charge in [0, 0.05) is 15.8 Å². The predicted octanol–water partition coefficient (Wildman–Crippen LogP) is 3.99. The molecule has 1 saturated heterocycles. The van der Waals surface area contributed by atoms with Crippen molar-refractivity contribution in [2.45, 2.75) is 25.3 Å². The lowest BCUT2D eigenvalue weighted by molar-refractivity contribution is -0.121. The average molecular weight is 440 g/mol. The molecule has 1 fully saturated rings. The van der Waals surface area contributed by atoms with Gasteiger partial charge in [-0.2, -0.15) is 0 Å². The fourth-order valence-electron chi connectivity index (χ4n) is 2.78. The van der Waals surface area contributed by atoms with Gasteiger partial charge in [0.25, 0.3) is 5.91 Å². The maximum Gasteiger partial charge on any atom is 0.264 e. The van der Waals surface area contributed by atoms with Crippen molar-refractivity contribution in [3.8, 4) is 0 Å². The molecule has 1 aromatic heterocycles. The summed E-state index contributed by atoms with van der Waals surface area (Å²) in [6, 6.07) is 11.0. The molecule has 2 heterocycles. The quantitative estimate of drug-likeness (QED) is 0.735. The first-order valence-corrected chi connectivity index (χ1v) is 9.52. The van der Waals surface area contributed by atoms with Gasteiger partial charge in [-0.1, -0.05) is 12.1 Å². The Balaban J connectivity index is 1.75. The molecule has 1 unspecified atom stereocenters. The molecule has 1 atom stereocenters. The lowest BCUT2D eigenvalue weighted by Gasteiger charge is -2.34. The molecule has 0 aliphatic carbocycles. The Bertz CT molecular complexity index is 702. The van der Waals surface area contributed by atoms with Crippen molar-refractivity contribution in [3.63, 3.8) is 0 Å². The Morgan fingerprint density at radius 1 is 1.22 bits per heavy atom. The fraction of sp³-hybridized carbons (Fsp3) is 0.294. The summed E-state index contributed by atoms with van der Waals surface area (Å²) in [6.07, 6.45) is 2.63. The Kier molecular flexibility index (Phi) is 5.32. The first kappa shape index (κ1) is 16.4. The molecule has 1 N–H and O–H groups in total. The number of benzene rings is 1. The number of rotatable bonds is 3. The van der Waals surface area contributed by atoms with Crippen molar-refractivity contribution in [2.24, 2.45) is 0 Å². The van der Waals surface area contributed by atoms with Gasteiger partial charge in [-0.15, -0.1) is 11.3 Å². The lowest BCUT2D eigenvalue weighted by atomic mass is 10.0. The number of nitrogens with one attached hydrogen (secondary N) is 1. The highest BCUT2D eigenvalue weighted by atomic mass is 127. The number of carbonyl (C=O) groups is 2. The van der Waals surface area contributed by atoms with Crippen molar-refractivity contribution in [2.75, 3.05) is 11.9 Å². The molecule has 2 amide bonds.